The van der Waals surface area contributed by atoms with Crippen molar-refractivity contribution >= 4 is 11.6 Å². The van der Waals surface area contributed by atoms with E-state index >= 15 is 0 Å². The van der Waals surface area contributed by atoms with Crippen LogP contribution in [0.2, 0.25) is 0 Å². The molecule has 0 unspecified atom stereocenters. The molecule has 144 valence electrons. The highest BCUT2D eigenvalue weighted by molar-refractivity contribution is 5.94. The van der Waals surface area contributed by atoms with Crippen LogP contribution >= 0.6 is 0 Å². The van der Waals surface area contributed by atoms with Crippen molar-refractivity contribution in [3.8, 4) is 5.75 Å². The molecule has 1 aliphatic carbocycles. The number of aryl methyl sites for hydroxylation is 1. The number of amides is 1. The molecule has 1 aliphatic heterocycles. The molecule has 28 heavy (non-hydrogen) atoms. The Morgan fingerprint density at radius 1 is 1.29 bits per heavy atom. The number of nitrogens with one attached hydrogen (secondary N) is 1. The average Bonchev–Trinajstić information content (AvgIpc) is 3.27. The van der Waals surface area contributed by atoms with Gasteiger partial charge in [-0.2, -0.15) is 0 Å². The summed E-state index contributed by atoms with van der Waals surface area (Å²) in [5.74, 6) is 1.55. The van der Waals surface area contributed by atoms with Crippen LogP contribution in [0.3, 0.4) is 0 Å². The molecule has 3 heterocycles. The van der Waals surface area contributed by atoms with Gasteiger partial charge in [-0.1, -0.05) is 25.5 Å². The van der Waals surface area contributed by atoms with Gasteiger partial charge in [-0.05, 0) is 60.1 Å². The van der Waals surface area contributed by atoms with Crippen LogP contribution < -0.4 is 10.1 Å². The number of carbonyl (C=O) groups is 1. The zero-order valence-corrected chi connectivity index (χ0v) is 16.2. The summed E-state index contributed by atoms with van der Waals surface area (Å²) < 4.78 is 7.49. The molecule has 0 atom stereocenters. The summed E-state index contributed by atoms with van der Waals surface area (Å²) in [5.41, 5.74) is 6.05. The van der Waals surface area contributed by atoms with Crippen molar-refractivity contribution in [2.45, 2.75) is 51.5 Å². The molecule has 1 fully saturated rings. The van der Waals surface area contributed by atoms with Gasteiger partial charge < -0.3 is 10.1 Å². The van der Waals surface area contributed by atoms with E-state index in [0.29, 0.717) is 18.2 Å². The lowest BCUT2D eigenvalue weighted by molar-refractivity contribution is 0.0944. The Balaban J connectivity index is 1.38. The first kappa shape index (κ1) is 17.3. The van der Waals surface area contributed by atoms with E-state index in [9.17, 15) is 4.79 Å². The summed E-state index contributed by atoms with van der Waals surface area (Å²) >= 11 is 0. The van der Waals surface area contributed by atoms with Crippen molar-refractivity contribution in [1.29, 1.82) is 0 Å². The summed E-state index contributed by atoms with van der Waals surface area (Å²) in [5, 5.41) is 3.08. The monoisotopic (exact) mass is 375 g/mol. The molecule has 0 radical (unpaired) electrons. The standard InChI is InChI=1S/C23H25N3O2/c1-2-19-22(26-10-8-17(13-21(26)25-19)16-4-3-5-16)23(27)24-14-15-6-7-20-18(12-15)9-11-28-20/h6-8,10,12-13,16H,2-5,9,11,14H2,1H3,(H,24,27). The van der Waals surface area contributed by atoms with E-state index in [4.69, 9.17) is 9.72 Å². The molecule has 1 saturated carbocycles. The topological polar surface area (TPSA) is 55.6 Å². The van der Waals surface area contributed by atoms with Gasteiger partial charge in [0.05, 0.1) is 12.3 Å². The van der Waals surface area contributed by atoms with Gasteiger partial charge >= 0.3 is 0 Å². The first-order valence-corrected chi connectivity index (χ1v) is 10.3. The third-order valence-electron chi connectivity index (χ3n) is 6.06. The van der Waals surface area contributed by atoms with E-state index in [1.54, 1.807) is 0 Å². The number of hydrogen-bond donors (Lipinski definition) is 1. The predicted octanol–water partition coefficient (Wildman–Crippen LogP) is 4.03. The molecule has 0 bridgehead atoms. The number of imidazole rings is 1. The van der Waals surface area contributed by atoms with Crippen LogP contribution in [0.15, 0.2) is 36.5 Å². The Hall–Kier alpha value is -2.82. The van der Waals surface area contributed by atoms with Crippen molar-refractivity contribution in [1.82, 2.24) is 14.7 Å². The Bertz CT molecular complexity index is 1050. The molecular formula is C23H25N3O2. The lowest BCUT2D eigenvalue weighted by Crippen LogP contribution is -2.25. The molecule has 2 aliphatic rings. The van der Waals surface area contributed by atoms with Crippen molar-refractivity contribution in [2.24, 2.45) is 0 Å². The molecule has 0 saturated heterocycles. The predicted molar refractivity (Wildman–Crippen MR) is 108 cm³/mol. The van der Waals surface area contributed by atoms with E-state index in [-0.39, 0.29) is 5.91 Å². The highest BCUT2D eigenvalue weighted by Crippen LogP contribution is 2.36. The Kier molecular flexibility index (Phi) is 4.30. The third-order valence-corrected chi connectivity index (χ3v) is 6.06. The van der Waals surface area contributed by atoms with Crippen LogP contribution in [0, 0.1) is 0 Å². The van der Waals surface area contributed by atoms with Gasteiger partial charge in [0.1, 0.15) is 17.1 Å². The number of carbonyl (C=O) groups excluding carboxylic acids is 1. The molecule has 5 heteroatoms. The molecular weight excluding hydrogens is 350 g/mol. The van der Waals surface area contributed by atoms with Crippen LogP contribution in [0.4, 0.5) is 0 Å². The number of rotatable bonds is 5. The minimum absolute atomic E-state index is 0.0718. The number of hydrogen-bond acceptors (Lipinski definition) is 3. The van der Waals surface area contributed by atoms with Crippen LogP contribution in [-0.4, -0.2) is 21.9 Å². The minimum Gasteiger partial charge on any atom is -0.493 e. The first-order valence-electron chi connectivity index (χ1n) is 10.3. The van der Waals surface area contributed by atoms with Crippen molar-refractivity contribution < 1.29 is 9.53 Å². The second-order valence-corrected chi connectivity index (χ2v) is 7.80. The number of fused-ring (bicyclic) bond motifs is 2. The number of nitrogens with zero attached hydrogens (tertiary/aromatic N) is 2. The van der Waals surface area contributed by atoms with Gasteiger partial charge in [-0.15, -0.1) is 0 Å². The number of ether oxygens (including phenoxy) is 1. The molecule has 2 aromatic heterocycles. The summed E-state index contributed by atoms with van der Waals surface area (Å²) in [6, 6.07) is 10.4. The highest BCUT2D eigenvalue weighted by atomic mass is 16.5. The van der Waals surface area contributed by atoms with Crippen LogP contribution in [-0.2, 0) is 19.4 Å². The van der Waals surface area contributed by atoms with Crippen LogP contribution in [0.25, 0.3) is 5.65 Å². The van der Waals surface area contributed by atoms with E-state index < -0.39 is 0 Å². The van der Waals surface area contributed by atoms with E-state index in [0.717, 1.165) is 42.1 Å². The Morgan fingerprint density at radius 2 is 2.18 bits per heavy atom. The second-order valence-electron chi connectivity index (χ2n) is 7.80. The van der Waals surface area contributed by atoms with Gasteiger partial charge in [0, 0.05) is 19.2 Å². The fourth-order valence-electron chi connectivity index (χ4n) is 4.21. The maximum Gasteiger partial charge on any atom is 0.270 e. The maximum absolute atomic E-state index is 13.0. The molecule has 1 amide bonds. The summed E-state index contributed by atoms with van der Waals surface area (Å²) in [6.07, 6.45) is 7.52. The lowest BCUT2D eigenvalue weighted by Gasteiger charge is -2.25. The van der Waals surface area contributed by atoms with Crippen LogP contribution in [0.5, 0.6) is 5.75 Å². The number of benzene rings is 1. The first-order chi connectivity index (χ1) is 13.7. The highest BCUT2D eigenvalue weighted by Gasteiger charge is 2.22. The van der Waals surface area contributed by atoms with Crippen LogP contribution in [0.1, 0.15) is 65.0 Å². The normalized spacial score (nSPS) is 15.9. The SMILES string of the molecule is CCc1nc2cc(C3CCC3)ccn2c1C(=O)NCc1ccc2c(c1)CCO2. The smallest absolute Gasteiger partial charge is 0.270 e. The zero-order valence-electron chi connectivity index (χ0n) is 16.2. The molecule has 0 spiro atoms. The Morgan fingerprint density at radius 3 is 2.96 bits per heavy atom. The van der Waals surface area contributed by atoms with Crippen molar-refractivity contribution in [3.63, 3.8) is 0 Å². The average molecular weight is 375 g/mol. The van der Waals surface area contributed by atoms with E-state index in [1.165, 1.54) is 30.4 Å². The zero-order chi connectivity index (χ0) is 19.1. The maximum atomic E-state index is 13.0. The number of pyridine rings is 1. The van der Waals surface area contributed by atoms with Gasteiger partial charge in [0.25, 0.3) is 5.91 Å². The summed E-state index contributed by atoms with van der Waals surface area (Å²) in [6.45, 7) is 3.30. The molecule has 1 N–H and O–H groups in total. The van der Waals surface area contributed by atoms with Gasteiger partial charge in [-0.25, -0.2) is 4.98 Å². The van der Waals surface area contributed by atoms with Gasteiger partial charge in [0.15, 0.2) is 0 Å². The van der Waals surface area contributed by atoms with E-state index in [2.05, 4.69) is 23.5 Å². The second kappa shape index (κ2) is 6.97. The van der Waals surface area contributed by atoms with E-state index in [1.807, 2.05) is 29.7 Å². The molecule has 5 nitrogen and oxygen atoms in total. The Labute approximate surface area is 164 Å². The number of aromatic nitrogens is 2. The third kappa shape index (κ3) is 2.95. The molecule has 5 rings (SSSR count). The van der Waals surface area contributed by atoms with Gasteiger partial charge in [0.2, 0.25) is 0 Å². The summed E-state index contributed by atoms with van der Waals surface area (Å²) in [7, 11) is 0. The summed E-state index contributed by atoms with van der Waals surface area (Å²) in [4.78, 5) is 17.7. The van der Waals surface area contributed by atoms with Crippen molar-refractivity contribution in [3.05, 3.63) is 64.6 Å². The quantitative estimate of drug-likeness (QED) is 0.733. The largest absolute Gasteiger partial charge is 0.493 e. The molecule has 1 aromatic carbocycles. The molecule has 3 aromatic rings. The van der Waals surface area contributed by atoms with Crippen molar-refractivity contribution in [2.75, 3.05) is 6.61 Å². The van der Waals surface area contributed by atoms with Gasteiger partial charge in [-0.3, -0.25) is 9.20 Å². The fourth-order valence-corrected chi connectivity index (χ4v) is 4.21. The minimum atomic E-state index is -0.0718. The fraction of sp³-hybridized carbons (Fsp3) is 0.391. The lowest BCUT2D eigenvalue weighted by atomic mass is 9.80.